The van der Waals surface area contributed by atoms with E-state index in [1.165, 1.54) is 6.07 Å². The number of fused-ring (bicyclic) bond motifs is 1. The molecule has 0 amide bonds. The molecule has 0 unspecified atom stereocenters. The summed E-state index contributed by atoms with van der Waals surface area (Å²) in [7, 11) is 0. The SMILES string of the molecule is NCCn1ccc2c([N+](=O)[O-])cccc21. The summed E-state index contributed by atoms with van der Waals surface area (Å²) < 4.78 is 1.92. The van der Waals surface area contributed by atoms with E-state index in [1.54, 1.807) is 12.1 Å². The van der Waals surface area contributed by atoms with E-state index in [4.69, 9.17) is 5.73 Å². The number of hydrogen-bond donors (Lipinski definition) is 1. The zero-order valence-electron chi connectivity index (χ0n) is 8.09. The highest BCUT2D eigenvalue weighted by Gasteiger charge is 2.12. The van der Waals surface area contributed by atoms with Crippen molar-refractivity contribution in [1.29, 1.82) is 0 Å². The summed E-state index contributed by atoms with van der Waals surface area (Å²) in [6, 6.07) is 6.81. The minimum atomic E-state index is -0.366. The van der Waals surface area contributed by atoms with Crippen LogP contribution < -0.4 is 5.73 Å². The monoisotopic (exact) mass is 205 g/mol. The quantitative estimate of drug-likeness (QED) is 0.609. The Kier molecular flexibility index (Phi) is 2.39. The Labute approximate surface area is 86.3 Å². The van der Waals surface area contributed by atoms with Crippen molar-refractivity contribution >= 4 is 16.6 Å². The fourth-order valence-electron chi connectivity index (χ4n) is 1.70. The van der Waals surface area contributed by atoms with E-state index in [1.807, 2.05) is 16.8 Å². The fourth-order valence-corrected chi connectivity index (χ4v) is 1.70. The van der Waals surface area contributed by atoms with Crippen LogP contribution in [0.5, 0.6) is 0 Å². The van der Waals surface area contributed by atoms with Crippen molar-refractivity contribution in [2.24, 2.45) is 5.73 Å². The molecule has 2 N–H and O–H groups in total. The molecule has 0 aliphatic rings. The highest BCUT2D eigenvalue weighted by Crippen LogP contribution is 2.25. The van der Waals surface area contributed by atoms with Crippen LogP contribution >= 0.6 is 0 Å². The van der Waals surface area contributed by atoms with Crippen LogP contribution in [0.4, 0.5) is 5.69 Å². The van der Waals surface area contributed by atoms with Crippen molar-refractivity contribution in [2.75, 3.05) is 6.54 Å². The first-order valence-corrected chi connectivity index (χ1v) is 4.66. The topological polar surface area (TPSA) is 74.1 Å². The summed E-state index contributed by atoms with van der Waals surface area (Å²) in [6.07, 6.45) is 1.82. The highest BCUT2D eigenvalue weighted by atomic mass is 16.6. The molecule has 1 aromatic carbocycles. The van der Waals surface area contributed by atoms with Crippen molar-refractivity contribution in [1.82, 2.24) is 4.57 Å². The molecule has 0 atom stereocenters. The van der Waals surface area contributed by atoms with Gasteiger partial charge in [-0.05, 0) is 12.1 Å². The van der Waals surface area contributed by atoms with Crippen LogP contribution in [0.1, 0.15) is 0 Å². The van der Waals surface area contributed by atoms with Gasteiger partial charge in [0.15, 0.2) is 0 Å². The number of rotatable bonds is 3. The number of hydrogen-bond acceptors (Lipinski definition) is 3. The van der Waals surface area contributed by atoms with Crippen LogP contribution in [0.25, 0.3) is 10.9 Å². The van der Waals surface area contributed by atoms with Gasteiger partial charge in [-0.3, -0.25) is 10.1 Å². The Balaban J connectivity index is 2.63. The van der Waals surface area contributed by atoms with Crippen molar-refractivity contribution in [3.63, 3.8) is 0 Å². The molecule has 2 rings (SSSR count). The second-order valence-corrected chi connectivity index (χ2v) is 3.26. The van der Waals surface area contributed by atoms with Crippen molar-refractivity contribution in [3.8, 4) is 0 Å². The van der Waals surface area contributed by atoms with Gasteiger partial charge in [-0.25, -0.2) is 0 Å². The number of benzene rings is 1. The number of nitro groups is 1. The molecule has 15 heavy (non-hydrogen) atoms. The molecule has 0 radical (unpaired) electrons. The lowest BCUT2D eigenvalue weighted by molar-refractivity contribution is -0.383. The molecular weight excluding hydrogens is 194 g/mol. The molecule has 0 saturated heterocycles. The Morgan fingerprint density at radius 2 is 2.20 bits per heavy atom. The number of nitro benzene ring substituents is 1. The number of nitrogens with zero attached hydrogens (tertiary/aromatic N) is 2. The summed E-state index contributed by atoms with van der Waals surface area (Å²) >= 11 is 0. The first kappa shape index (κ1) is 9.67. The minimum Gasteiger partial charge on any atom is -0.346 e. The van der Waals surface area contributed by atoms with Crippen molar-refractivity contribution in [2.45, 2.75) is 6.54 Å². The molecule has 2 aromatic rings. The molecule has 78 valence electrons. The molecule has 5 heteroatoms. The van der Waals surface area contributed by atoms with Crippen LogP contribution in [-0.2, 0) is 6.54 Å². The third-order valence-corrected chi connectivity index (χ3v) is 2.36. The van der Waals surface area contributed by atoms with E-state index in [2.05, 4.69) is 0 Å². The summed E-state index contributed by atoms with van der Waals surface area (Å²) in [5.41, 5.74) is 6.45. The smallest absolute Gasteiger partial charge is 0.278 e. The first-order chi connectivity index (χ1) is 7.24. The Morgan fingerprint density at radius 1 is 1.40 bits per heavy atom. The molecule has 1 heterocycles. The number of non-ortho nitro benzene ring substituents is 1. The van der Waals surface area contributed by atoms with Gasteiger partial charge in [0.25, 0.3) is 5.69 Å². The average molecular weight is 205 g/mol. The largest absolute Gasteiger partial charge is 0.346 e. The van der Waals surface area contributed by atoms with E-state index in [0.29, 0.717) is 18.5 Å². The van der Waals surface area contributed by atoms with Gasteiger partial charge in [0.05, 0.1) is 15.8 Å². The molecular formula is C10H11N3O2. The minimum absolute atomic E-state index is 0.142. The van der Waals surface area contributed by atoms with Gasteiger partial charge < -0.3 is 10.3 Å². The van der Waals surface area contributed by atoms with Crippen LogP contribution in [0.15, 0.2) is 30.5 Å². The van der Waals surface area contributed by atoms with Gasteiger partial charge >= 0.3 is 0 Å². The van der Waals surface area contributed by atoms with Gasteiger partial charge in [0.1, 0.15) is 0 Å². The van der Waals surface area contributed by atoms with Crippen LogP contribution in [-0.4, -0.2) is 16.0 Å². The lowest BCUT2D eigenvalue weighted by Gasteiger charge is -2.01. The number of nitrogens with two attached hydrogens (primary N) is 1. The molecule has 5 nitrogen and oxygen atoms in total. The third kappa shape index (κ3) is 1.57. The van der Waals surface area contributed by atoms with Gasteiger partial charge in [-0.1, -0.05) is 6.07 Å². The maximum Gasteiger partial charge on any atom is 0.278 e. The van der Waals surface area contributed by atoms with Gasteiger partial charge in [-0.2, -0.15) is 0 Å². The molecule has 1 aromatic heterocycles. The van der Waals surface area contributed by atoms with Crippen molar-refractivity contribution in [3.05, 3.63) is 40.6 Å². The zero-order valence-corrected chi connectivity index (χ0v) is 8.09. The maximum atomic E-state index is 10.8. The molecule has 0 fully saturated rings. The standard InChI is InChI=1S/C10H11N3O2/c11-5-7-12-6-4-8-9(12)2-1-3-10(8)13(14)15/h1-4,6H,5,7,11H2. The average Bonchev–Trinajstić information content (AvgIpc) is 2.62. The second kappa shape index (κ2) is 3.70. The summed E-state index contributed by atoms with van der Waals surface area (Å²) in [5.74, 6) is 0. The zero-order chi connectivity index (χ0) is 10.8. The van der Waals surface area contributed by atoms with Gasteiger partial charge in [-0.15, -0.1) is 0 Å². The summed E-state index contributed by atoms with van der Waals surface area (Å²) in [6.45, 7) is 1.19. The van der Waals surface area contributed by atoms with Crippen molar-refractivity contribution < 1.29 is 4.92 Å². The predicted octanol–water partition coefficient (Wildman–Crippen LogP) is 1.51. The van der Waals surface area contributed by atoms with Crippen LogP contribution in [0.3, 0.4) is 0 Å². The van der Waals surface area contributed by atoms with E-state index in [-0.39, 0.29) is 10.6 Å². The maximum absolute atomic E-state index is 10.8. The van der Waals surface area contributed by atoms with Crippen LogP contribution in [0.2, 0.25) is 0 Å². The van der Waals surface area contributed by atoms with Gasteiger partial charge in [0, 0.05) is 25.4 Å². The highest BCUT2D eigenvalue weighted by molar-refractivity contribution is 5.89. The van der Waals surface area contributed by atoms with E-state index < -0.39 is 0 Å². The Hall–Kier alpha value is -1.88. The van der Waals surface area contributed by atoms with E-state index >= 15 is 0 Å². The summed E-state index contributed by atoms with van der Waals surface area (Å²) in [5, 5.41) is 11.4. The van der Waals surface area contributed by atoms with E-state index in [0.717, 1.165) is 5.52 Å². The molecule has 0 bridgehead atoms. The Bertz CT molecular complexity index is 504. The molecule has 0 saturated carbocycles. The van der Waals surface area contributed by atoms with Gasteiger partial charge in [0.2, 0.25) is 0 Å². The second-order valence-electron chi connectivity index (χ2n) is 3.26. The number of aromatic nitrogens is 1. The lowest BCUT2D eigenvalue weighted by Crippen LogP contribution is -2.08. The normalized spacial score (nSPS) is 10.7. The molecule has 0 spiro atoms. The third-order valence-electron chi connectivity index (χ3n) is 2.36. The van der Waals surface area contributed by atoms with E-state index in [9.17, 15) is 10.1 Å². The molecule has 0 aliphatic heterocycles. The Morgan fingerprint density at radius 3 is 2.87 bits per heavy atom. The summed E-state index contributed by atoms with van der Waals surface area (Å²) in [4.78, 5) is 10.4. The lowest BCUT2D eigenvalue weighted by atomic mass is 10.2. The molecule has 0 aliphatic carbocycles. The fraction of sp³-hybridized carbons (Fsp3) is 0.200. The van der Waals surface area contributed by atoms with Crippen LogP contribution in [0, 0.1) is 10.1 Å². The first-order valence-electron chi connectivity index (χ1n) is 4.66. The predicted molar refractivity (Wildman–Crippen MR) is 57.6 cm³/mol.